The van der Waals surface area contributed by atoms with Crippen molar-refractivity contribution in [2.75, 3.05) is 5.73 Å². The van der Waals surface area contributed by atoms with Gasteiger partial charge in [-0.05, 0) is 30.7 Å². The summed E-state index contributed by atoms with van der Waals surface area (Å²) in [6.07, 6.45) is -4.95. The Morgan fingerprint density at radius 2 is 1.68 bits per heavy atom. The van der Waals surface area contributed by atoms with Gasteiger partial charge in [0.15, 0.2) is 0 Å². The summed E-state index contributed by atoms with van der Waals surface area (Å²) in [6.45, 7) is 5.15. The number of rotatable bonds is 2. The lowest BCUT2D eigenvalue weighted by molar-refractivity contribution is -0.137. The van der Waals surface area contributed by atoms with Gasteiger partial charge < -0.3 is 10.8 Å². The first-order chi connectivity index (χ1) is 11.5. The van der Waals surface area contributed by atoms with E-state index < -0.39 is 51.7 Å². The minimum atomic E-state index is -4.95. The molecule has 0 heterocycles. The molecule has 2 aromatic rings. The van der Waals surface area contributed by atoms with Crippen molar-refractivity contribution >= 4 is 11.7 Å². The van der Waals surface area contributed by atoms with Crippen LogP contribution >= 0.6 is 0 Å². The largest absolute Gasteiger partial charge is 0.478 e. The second-order valence-electron chi connectivity index (χ2n) is 4.81. The highest BCUT2D eigenvalue weighted by atomic mass is 19.4. The molecule has 0 aliphatic heterocycles. The molecule has 0 atom stereocenters. The summed E-state index contributed by atoms with van der Waals surface area (Å²) in [6, 6.07) is 2.44. The van der Waals surface area contributed by atoms with Crippen molar-refractivity contribution in [2.45, 2.75) is 26.9 Å². The highest BCUT2D eigenvalue weighted by molar-refractivity contribution is 5.97. The number of aromatic carboxylic acids is 1. The zero-order valence-electron chi connectivity index (χ0n) is 13.6. The number of hydrogen-bond acceptors (Lipinski definition) is 2. The number of hydrogen-bond donors (Lipinski definition) is 2. The highest BCUT2D eigenvalue weighted by Crippen LogP contribution is 2.42. The summed E-state index contributed by atoms with van der Waals surface area (Å²) in [5, 5.41) is 8.96. The van der Waals surface area contributed by atoms with Crippen LogP contribution in [0.15, 0.2) is 24.3 Å². The van der Waals surface area contributed by atoms with Crippen LogP contribution in [0.25, 0.3) is 11.1 Å². The van der Waals surface area contributed by atoms with Crippen molar-refractivity contribution in [2.24, 2.45) is 0 Å². The average Bonchev–Trinajstić information content (AvgIpc) is 2.51. The summed E-state index contributed by atoms with van der Waals surface area (Å²) >= 11 is 0. The van der Waals surface area contributed by atoms with E-state index in [0.29, 0.717) is 12.1 Å². The molecule has 0 fully saturated rings. The van der Waals surface area contributed by atoms with Crippen molar-refractivity contribution in [3.63, 3.8) is 0 Å². The molecule has 2 aromatic carbocycles. The maximum absolute atomic E-state index is 13.9. The molecule has 2 rings (SSSR count). The number of carbonyl (C=O) groups is 1. The molecular weight excluding hydrogens is 345 g/mol. The van der Waals surface area contributed by atoms with Crippen LogP contribution in [-0.4, -0.2) is 11.1 Å². The smallest absolute Gasteiger partial charge is 0.417 e. The van der Waals surface area contributed by atoms with Crippen molar-refractivity contribution in [1.29, 1.82) is 0 Å². The summed E-state index contributed by atoms with van der Waals surface area (Å²) in [5.41, 5.74) is 1.69. The van der Waals surface area contributed by atoms with Gasteiger partial charge in [0.2, 0.25) is 0 Å². The van der Waals surface area contributed by atoms with Gasteiger partial charge in [-0.15, -0.1) is 0 Å². The molecule has 0 bridgehead atoms. The van der Waals surface area contributed by atoms with Crippen LogP contribution in [0, 0.1) is 18.6 Å². The number of benzene rings is 2. The van der Waals surface area contributed by atoms with E-state index in [2.05, 4.69) is 0 Å². The van der Waals surface area contributed by atoms with Crippen LogP contribution in [0.1, 0.15) is 35.3 Å². The summed E-state index contributed by atoms with van der Waals surface area (Å²) in [7, 11) is 0. The number of alkyl halides is 3. The molecule has 0 saturated carbocycles. The number of carboxylic acid groups (broad SMARTS) is 1. The minimum Gasteiger partial charge on any atom is -0.478 e. The SMILES string of the molecule is CC.Cc1c(N)c(C(=O)O)cc(C(F)(F)F)c1-c1ccc(F)cc1F. The monoisotopic (exact) mass is 361 g/mol. The van der Waals surface area contributed by atoms with Crippen LogP contribution in [0.3, 0.4) is 0 Å². The Kier molecular flexibility index (Phi) is 6.12. The Balaban J connectivity index is 0.00000151. The van der Waals surface area contributed by atoms with E-state index in [9.17, 15) is 26.7 Å². The molecule has 0 amide bonds. The van der Waals surface area contributed by atoms with Crippen LogP contribution in [0.4, 0.5) is 27.6 Å². The van der Waals surface area contributed by atoms with Gasteiger partial charge in [-0.1, -0.05) is 13.8 Å². The van der Waals surface area contributed by atoms with Gasteiger partial charge in [-0.25, -0.2) is 13.6 Å². The Hall–Kier alpha value is -2.64. The molecule has 0 unspecified atom stereocenters. The molecule has 0 saturated heterocycles. The molecule has 3 N–H and O–H groups in total. The third-order valence-corrected chi connectivity index (χ3v) is 3.36. The van der Waals surface area contributed by atoms with E-state index in [0.717, 1.165) is 19.1 Å². The first kappa shape index (κ1) is 20.4. The molecule has 0 radical (unpaired) electrons. The number of halogens is 5. The van der Waals surface area contributed by atoms with E-state index in [-0.39, 0.29) is 5.56 Å². The lowest BCUT2D eigenvalue weighted by Gasteiger charge is -2.19. The molecular formula is C17H16F5NO2. The molecule has 3 nitrogen and oxygen atoms in total. The van der Waals surface area contributed by atoms with Gasteiger partial charge in [-0.2, -0.15) is 13.2 Å². The van der Waals surface area contributed by atoms with Crippen LogP contribution in [-0.2, 0) is 6.18 Å². The number of nitrogens with two attached hydrogens (primary N) is 1. The predicted molar refractivity (Wildman–Crippen MR) is 84.3 cm³/mol. The highest BCUT2D eigenvalue weighted by Gasteiger charge is 2.37. The van der Waals surface area contributed by atoms with Gasteiger partial charge in [0.05, 0.1) is 11.1 Å². The second kappa shape index (κ2) is 7.50. The summed E-state index contributed by atoms with van der Waals surface area (Å²) < 4.78 is 66.7. The van der Waals surface area contributed by atoms with Crippen molar-refractivity contribution in [3.8, 4) is 11.1 Å². The van der Waals surface area contributed by atoms with E-state index >= 15 is 0 Å². The first-order valence-corrected chi connectivity index (χ1v) is 7.23. The van der Waals surface area contributed by atoms with Gasteiger partial charge in [0, 0.05) is 22.9 Å². The topological polar surface area (TPSA) is 63.3 Å². The number of nitrogen functional groups attached to an aromatic ring is 1. The van der Waals surface area contributed by atoms with Gasteiger partial charge in [0.25, 0.3) is 0 Å². The quantitative estimate of drug-likeness (QED) is 0.566. The normalized spacial score (nSPS) is 10.9. The van der Waals surface area contributed by atoms with E-state index in [1.54, 1.807) is 0 Å². The number of carboxylic acids is 1. The fourth-order valence-electron chi connectivity index (χ4n) is 2.27. The number of anilines is 1. The summed E-state index contributed by atoms with van der Waals surface area (Å²) in [5.74, 6) is -3.80. The fourth-order valence-corrected chi connectivity index (χ4v) is 2.27. The van der Waals surface area contributed by atoms with E-state index in [1.165, 1.54) is 0 Å². The molecule has 25 heavy (non-hydrogen) atoms. The van der Waals surface area contributed by atoms with E-state index in [4.69, 9.17) is 10.8 Å². The van der Waals surface area contributed by atoms with Gasteiger partial charge >= 0.3 is 12.1 Å². The van der Waals surface area contributed by atoms with Crippen LogP contribution in [0.5, 0.6) is 0 Å². The average molecular weight is 361 g/mol. The van der Waals surface area contributed by atoms with Crippen molar-refractivity contribution < 1.29 is 31.9 Å². The minimum absolute atomic E-state index is 0.247. The van der Waals surface area contributed by atoms with Gasteiger partial charge in [0.1, 0.15) is 11.6 Å². The Morgan fingerprint density at radius 3 is 2.12 bits per heavy atom. The Labute approximate surface area is 140 Å². The predicted octanol–water partition coefficient (Wildman–Crippen LogP) is 5.27. The summed E-state index contributed by atoms with van der Waals surface area (Å²) in [4.78, 5) is 11.0. The molecule has 0 spiro atoms. The van der Waals surface area contributed by atoms with Gasteiger partial charge in [-0.3, -0.25) is 0 Å². The maximum atomic E-state index is 13.9. The standard InChI is InChI=1S/C15H10F5NO2.C2H6/c1-6-12(8-3-2-7(16)4-11(8)17)10(15(18,19)20)5-9(13(6)21)14(22)23;1-2/h2-5H,21H2,1H3,(H,22,23);1-2H3. The zero-order chi connectivity index (χ0) is 19.5. The van der Waals surface area contributed by atoms with Crippen molar-refractivity contribution in [1.82, 2.24) is 0 Å². The lowest BCUT2D eigenvalue weighted by Crippen LogP contribution is -2.14. The first-order valence-electron chi connectivity index (χ1n) is 7.23. The third-order valence-electron chi connectivity index (χ3n) is 3.36. The zero-order valence-corrected chi connectivity index (χ0v) is 13.6. The van der Waals surface area contributed by atoms with Crippen molar-refractivity contribution in [3.05, 3.63) is 52.6 Å². The second-order valence-corrected chi connectivity index (χ2v) is 4.81. The Morgan fingerprint density at radius 1 is 1.12 bits per heavy atom. The van der Waals surface area contributed by atoms with E-state index in [1.807, 2.05) is 13.8 Å². The molecule has 0 aromatic heterocycles. The third kappa shape index (κ3) is 4.07. The molecule has 8 heteroatoms. The fraction of sp³-hybridized carbons (Fsp3) is 0.235. The lowest BCUT2D eigenvalue weighted by atomic mass is 9.90. The molecule has 0 aliphatic rings. The van der Waals surface area contributed by atoms with Crippen LogP contribution < -0.4 is 5.73 Å². The molecule has 0 aliphatic carbocycles. The maximum Gasteiger partial charge on any atom is 0.417 e. The molecule has 136 valence electrons. The van der Waals surface area contributed by atoms with Crippen LogP contribution in [0.2, 0.25) is 0 Å². The Bertz CT molecular complexity index is 801.